The van der Waals surface area contributed by atoms with E-state index in [9.17, 15) is 4.39 Å². The molecule has 4 heteroatoms. The van der Waals surface area contributed by atoms with Crippen molar-refractivity contribution in [3.8, 4) is 0 Å². The van der Waals surface area contributed by atoms with Gasteiger partial charge in [-0.25, -0.2) is 4.39 Å². The highest BCUT2D eigenvalue weighted by Gasteiger charge is 2.38. The zero-order valence-electron chi connectivity index (χ0n) is 11.5. The van der Waals surface area contributed by atoms with Gasteiger partial charge in [-0.15, -0.1) is 0 Å². The number of ether oxygens (including phenoxy) is 2. The monoisotopic (exact) mass is 267 g/mol. The zero-order valence-corrected chi connectivity index (χ0v) is 11.5. The van der Waals surface area contributed by atoms with Crippen LogP contribution >= 0.6 is 0 Å². The molecular formula is C15H22FNO2. The Hall–Kier alpha value is -0.970. The second-order valence-electron chi connectivity index (χ2n) is 5.10. The number of methoxy groups -OCH3 is 1. The minimum Gasteiger partial charge on any atom is -0.385 e. The maximum absolute atomic E-state index is 13.0. The molecule has 19 heavy (non-hydrogen) atoms. The Morgan fingerprint density at radius 1 is 1.16 bits per heavy atom. The normalized spacial score (nSPS) is 17.2. The van der Waals surface area contributed by atoms with Crippen molar-refractivity contribution in [1.29, 1.82) is 0 Å². The highest BCUT2D eigenvalue weighted by molar-refractivity contribution is 5.30. The average molecular weight is 267 g/mol. The van der Waals surface area contributed by atoms with E-state index in [4.69, 9.17) is 9.47 Å². The highest BCUT2D eigenvalue weighted by Crippen LogP contribution is 2.32. The lowest BCUT2D eigenvalue weighted by molar-refractivity contribution is 0.0805. The second kappa shape index (κ2) is 6.98. The summed E-state index contributed by atoms with van der Waals surface area (Å²) in [5.41, 5.74) is 1.32. The van der Waals surface area contributed by atoms with Crippen molar-refractivity contribution in [2.24, 2.45) is 0 Å². The van der Waals surface area contributed by atoms with E-state index in [1.807, 2.05) is 12.1 Å². The summed E-state index contributed by atoms with van der Waals surface area (Å²) >= 11 is 0. The molecule has 2 rings (SSSR count). The molecule has 0 spiro atoms. The fourth-order valence-corrected chi connectivity index (χ4v) is 2.43. The first-order valence-electron chi connectivity index (χ1n) is 6.80. The lowest BCUT2D eigenvalue weighted by Crippen LogP contribution is -2.57. The van der Waals surface area contributed by atoms with Gasteiger partial charge in [-0.05, 0) is 30.5 Å². The number of rotatable bonds is 8. The molecule has 3 nitrogen and oxygen atoms in total. The number of nitrogens with one attached hydrogen (secondary N) is 1. The maximum Gasteiger partial charge on any atom is 0.123 e. The molecule has 1 saturated heterocycles. The molecule has 0 radical (unpaired) electrons. The van der Waals surface area contributed by atoms with E-state index in [2.05, 4.69) is 5.32 Å². The Morgan fingerprint density at radius 3 is 2.47 bits per heavy atom. The van der Waals surface area contributed by atoms with Crippen LogP contribution in [0.1, 0.15) is 18.4 Å². The molecule has 1 fully saturated rings. The molecule has 1 aliphatic heterocycles. The van der Waals surface area contributed by atoms with Gasteiger partial charge in [0.1, 0.15) is 5.82 Å². The molecular weight excluding hydrogens is 245 g/mol. The Labute approximate surface area is 114 Å². The minimum atomic E-state index is -0.179. The van der Waals surface area contributed by atoms with Crippen molar-refractivity contribution >= 4 is 0 Å². The van der Waals surface area contributed by atoms with Gasteiger partial charge in [0.15, 0.2) is 0 Å². The van der Waals surface area contributed by atoms with Crippen LogP contribution < -0.4 is 5.32 Å². The predicted octanol–water partition coefficient (Wildman–Crippen LogP) is 2.11. The molecule has 0 amide bonds. The third-order valence-corrected chi connectivity index (χ3v) is 3.75. The molecule has 0 aromatic heterocycles. The fraction of sp³-hybridized carbons (Fsp3) is 0.600. The number of benzene rings is 1. The van der Waals surface area contributed by atoms with Crippen LogP contribution in [-0.2, 0) is 14.9 Å². The summed E-state index contributed by atoms with van der Waals surface area (Å²) in [6.45, 7) is 4.11. The van der Waals surface area contributed by atoms with Gasteiger partial charge in [-0.1, -0.05) is 12.1 Å². The molecule has 1 N–H and O–H groups in total. The number of hydrogen-bond donors (Lipinski definition) is 1. The topological polar surface area (TPSA) is 30.5 Å². The smallest absolute Gasteiger partial charge is 0.123 e. The van der Waals surface area contributed by atoms with Crippen molar-refractivity contribution < 1.29 is 13.9 Å². The number of hydrogen-bond acceptors (Lipinski definition) is 3. The van der Waals surface area contributed by atoms with Crippen LogP contribution in [-0.4, -0.2) is 40.0 Å². The minimum absolute atomic E-state index is 0.120. The van der Waals surface area contributed by atoms with E-state index in [1.165, 1.54) is 17.7 Å². The van der Waals surface area contributed by atoms with E-state index in [1.54, 1.807) is 7.11 Å². The first-order chi connectivity index (χ1) is 9.27. The van der Waals surface area contributed by atoms with Gasteiger partial charge in [0, 0.05) is 45.4 Å². The van der Waals surface area contributed by atoms with Crippen LogP contribution in [0.3, 0.4) is 0 Å². The van der Waals surface area contributed by atoms with E-state index in [-0.39, 0.29) is 11.2 Å². The van der Waals surface area contributed by atoms with Crippen molar-refractivity contribution in [2.75, 3.05) is 40.0 Å². The third-order valence-electron chi connectivity index (χ3n) is 3.75. The van der Waals surface area contributed by atoms with Crippen LogP contribution in [0.25, 0.3) is 0 Å². The van der Waals surface area contributed by atoms with Gasteiger partial charge in [-0.2, -0.15) is 0 Å². The molecule has 1 aromatic carbocycles. The molecule has 1 aliphatic rings. The molecule has 0 saturated carbocycles. The lowest BCUT2D eigenvalue weighted by Gasteiger charge is -2.43. The van der Waals surface area contributed by atoms with E-state index >= 15 is 0 Å². The van der Waals surface area contributed by atoms with Crippen LogP contribution in [0.2, 0.25) is 0 Å². The van der Waals surface area contributed by atoms with E-state index < -0.39 is 0 Å². The summed E-state index contributed by atoms with van der Waals surface area (Å²) in [4.78, 5) is 0. The van der Waals surface area contributed by atoms with Crippen molar-refractivity contribution in [3.05, 3.63) is 35.6 Å². The molecule has 1 heterocycles. The number of halogens is 1. The second-order valence-corrected chi connectivity index (χ2v) is 5.10. The maximum atomic E-state index is 13.0. The molecule has 0 aliphatic carbocycles. The zero-order chi connectivity index (χ0) is 13.6. The standard InChI is InChI=1S/C15H22FNO2/c1-18-8-2-9-19-10-7-15(11-17-12-15)13-3-5-14(16)6-4-13/h3-6,17H,2,7-12H2,1H3. The van der Waals surface area contributed by atoms with Crippen LogP contribution in [0, 0.1) is 5.82 Å². The summed E-state index contributed by atoms with van der Waals surface area (Å²) in [5, 5.41) is 3.31. The van der Waals surface area contributed by atoms with Gasteiger partial charge < -0.3 is 14.8 Å². The average Bonchev–Trinajstić information content (AvgIpc) is 2.38. The van der Waals surface area contributed by atoms with Gasteiger partial charge in [0.2, 0.25) is 0 Å². The Bertz CT molecular complexity index is 376. The summed E-state index contributed by atoms with van der Waals surface area (Å²) in [6.07, 6.45) is 1.90. The van der Waals surface area contributed by atoms with Gasteiger partial charge >= 0.3 is 0 Å². The van der Waals surface area contributed by atoms with Gasteiger partial charge in [0.05, 0.1) is 0 Å². The van der Waals surface area contributed by atoms with Crippen molar-refractivity contribution in [2.45, 2.75) is 18.3 Å². The Balaban J connectivity index is 1.80. The van der Waals surface area contributed by atoms with Crippen LogP contribution in [0.15, 0.2) is 24.3 Å². The van der Waals surface area contributed by atoms with E-state index in [0.29, 0.717) is 0 Å². The van der Waals surface area contributed by atoms with Crippen molar-refractivity contribution in [1.82, 2.24) is 5.32 Å². The van der Waals surface area contributed by atoms with Gasteiger partial charge in [-0.3, -0.25) is 0 Å². The third kappa shape index (κ3) is 3.75. The molecule has 1 aromatic rings. The Kier molecular flexibility index (Phi) is 5.31. The first kappa shape index (κ1) is 14.4. The molecule has 0 bridgehead atoms. The summed E-state index contributed by atoms with van der Waals surface area (Å²) in [5.74, 6) is -0.179. The largest absolute Gasteiger partial charge is 0.385 e. The lowest BCUT2D eigenvalue weighted by atomic mass is 9.73. The quantitative estimate of drug-likeness (QED) is 0.732. The fourth-order valence-electron chi connectivity index (χ4n) is 2.43. The van der Waals surface area contributed by atoms with E-state index in [0.717, 1.165) is 45.8 Å². The van der Waals surface area contributed by atoms with Crippen LogP contribution in [0.5, 0.6) is 0 Å². The molecule has 0 unspecified atom stereocenters. The molecule has 0 atom stereocenters. The summed E-state index contributed by atoms with van der Waals surface area (Å²) in [7, 11) is 1.70. The van der Waals surface area contributed by atoms with Gasteiger partial charge in [0.25, 0.3) is 0 Å². The summed E-state index contributed by atoms with van der Waals surface area (Å²) in [6, 6.07) is 6.85. The highest BCUT2D eigenvalue weighted by atomic mass is 19.1. The van der Waals surface area contributed by atoms with Crippen molar-refractivity contribution in [3.63, 3.8) is 0 Å². The Morgan fingerprint density at radius 2 is 1.89 bits per heavy atom. The summed E-state index contributed by atoms with van der Waals surface area (Å²) < 4.78 is 23.6. The molecule has 106 valence electrons. The predicted molar refractivity (Wildman–Crippen MR) is 72.9 cm³/mol. The van der Waals surface area contributed by atoms with Crippen LogP contribution in [0.4, 0.5) is 4.39 Å². The SMILES string of the molecule is COCCCOCCC1(c2ccc(F)cc2)CNC1. The first-order valence-corrected chi connectivity index (χ1v) is 6.80.